The van der Waals surface area contributed by atoms with Crippen molar-refractivity contribution in [3.63, 3.8) is 0 Å². The summed E-state index contributed by atoms with van der Waals surface area (Å²) in [6, 6.07) is 0. The van der Waals surface area contributed by atoms with E-state index in [0.717, 1.165) is 11.0 Å². The van der Waals surface area contributed by atoms with E-state index in [1.807, 2.05) is 0 Å². The van der Waals surface area contributed by atoms with Crippen LogP contribution in [0, 0.1) is 0 Å². The summed E-state index contributed by atoms with van der Waals surface area (Å²) in [7, 11) is 2.36. The molecule has 28 heavy (non-hydrogen) atoms. The second kappa shape index (κ2) is 27.5. The quantitative estimate of drug-likeness (QED) is 0.214. The Kier molecular flexibility index (Phi) is 35.2. The van der Waals surface area contributed by atoms with E-state index in [1.54, 1.807) is 0 Å². The van der Waals surface area contributed by atoms with Gasteiger partial charge >= 0.3 is 0 Å². The van der Waals surface area contributed by atoms with Crippen molar-refractivity contribution in [1.82, 2.24) is 6.15 Å². The monoisotopic (exact) mass is 444 g/mol. The standard InChI is InChI=1S/C23H50NO.2ClH.H3N/c1-4-6-8-10-12-14-16-18-20-24(3,22-23-25)21-19-17-15-13-11-9-7-5-2;;;/h25H,4-23H2,1-3H3;2*1H;1H3/q+1;;;/p-1. The number of halogens is 2. The second-order valence-corrected chi connectivity index (χ2v) is 8.46. The highest BCUT2D eigenvalue weighted by molar-refractivity contribution is 4.50. The molecule has 3 nitrogen and oxygen atoms in total. The van der Waals surface area contributed by atoms with Gasteiger partial charge in [0.05, 0.1) is 26.7 Å². The van der Waals surface area contributed by atoms with Crippen molar-refractivity contribution in [2.24, 2.45) is 0 Å². The highest BCUT2D eigenvalue weighted by Gasteiger charge is 2.19. The highest BCUT2D eigenvalue weighted by atomic mass is 35.5. The van der Waals surface area contributed by atoms with Crippen LogP contribution >= 0.6 is 0 Å². The molecule has 0 saturated carbocycles. The van der Waals surface area contributed by atoms with Gasteiger partial charge in [-0.05, 0) is 25.7 Å². The summed E-state index contributed by atoms with van der Waals surface area (Å²) in [5.41, 5.74) is 0. The van der Waals surface area contributed by atoms with Gasteiger partial charge < -0.3 is 40.6 Å². The number of quaternary nitrogens is 2. The van der Waals surface area contributed by atoms with Gasteiger partial charge in [-0.15, -0.1) is 0 Å². The molecular weight excluding hydrogens is 391 g/mol. The molecule has 0 saturated heterocycles. The van der Waals surface area contributed by atoms with Crippen molar-refractivity contribution in [1.29, 1.82) is 0 Å². The van der Waals surface area contributed by atoms with Gasteiger partial charge in [0.2, 0.25) is 0 Å². The van der Waals surface area contributed by atoms with E-state index in [2.05, 4.69) is 20.9 Å². The number of nitrogens with zero attached hydrogens (tertiary/aromatic N) is 1. The third kappa shape index (κ3) is 24.5. The molecule has 0 aromatic rings. The van der Waals surface area contributed by atoms with E-state index in [0.29, 0.717) is 6.61 Å². The van der Waals surface area contributed by atoms with Gasteiger partial charge in [-0.2, -0.15) is 0 Å². The Hall–Kier alpha value is 0.460. The van der Waals surface area contributed by atoms with Crippen LogP contribution in [0.4, 0.5) is 0 Å². The molecule has 0 aliphatic rings. The number of aliphatic hydroxyl groups is 1. The molecule has 0 heterocycles. The molecule has 0 aliphatic heterocycles. The Morgan fingerprint density at radius 1 is 0.500 bits per heavy atom. The number of aliphatic hydroxyl groups excluding tert-OH is 1. The largest absolute Gasteiger partial charge is 1.00 e. The number of likely N-dealkylation sites (N-methyl/N-ethyl adjacent to an activating group) is 1. The summed E-state index contributed by atoms with van der Waals surface area (Å²) in [4.78, 5) is 0. The van der Waals surface area contributed by atoms with Gasteiger partial charge in [0.15, 0.2) is 0 Å². The Balaban J connectivity index is -0.000000960. The Labute approximate surface area is 190 Å². The van der Waals surface area contributed by atoms with E-state index < -0.39 is 0 Å². The lowest BCUT2D eigenvalue weighted by Crippen LogP contribution is -3.00. The maximum atomic E-state index is 9.43. The van der Waals surface area contributed by atoms with Crippen molar-refractivity contribution >= 4 is 0 Å². The lowest BCUT2D eigenvalue weighted by Gasteiger charge is -2.34. The SMILES string of the molecule is CCCCCCCCCC[N+](C)(CCO)CCCCCCCCCC.[Cl-].[Cl-].[NH4+]. The van der Waals surface area contributed by atoms with Crippen LogP contribution in [0.2, 0.25) is 0 Å². The fraction of sp³-hybridized carbons (Fsp3) is 1.00. The van der Waals surface area contributed by atoms with Gasteiger partial charge in [0, 0.05) is 0 Å². The van der Waals surface area contributed by atoms with Gasteiger partial charge in [-0.1, -0.05) is 90.9 Å². The van der Waals surface area contributed by atoms with E-state index >= 15 is 0 Å². The van der Waals surface area contributed by atoms with Crippen LogP contribution in [0.1, 0.15) is 117 Å². The minimum atomic E-state index is 0. The first-order chi connectivity index (χ1) is 12.2. The molecule has 0 bridgehead atoms. The van der Waals surface area contributed by atoms with Crippen LogP contribution in [0.3, 0.4) is 0 Å². The van der Waals surface area contributed by atoms with E-state index in [1.165, 1.54) is 116 Å². The van der Waals surface area contributed by atoms with Crippen molar-refractivity contribution in [3.8, 4) is 0 Å². The van der Waals surface area contributed by atoms with Crippen molar-refractivity contribution in [3.05, 3.63) is 0 Å². The summed E-state index contributed by atoms with van der Waals surface area (Å²) in [6.07, 6.45) is 22.3. The van der Waals surface area contributed by atoms with Crippen LogP contribution in [-0.2, 0) is 0 Å². The minimum absolute atomic E-state index is 0. The van der Waals surface area contributed by atoms with Gasteiger partial charge in [-0.3, -0.25) is 0 Å². The average Bonchev–Trinajstić information content (AvgIpc) is 2.60. The van der Waals surface area contributed by atoms with E-state index in [-0.39, 0.29) is 31.0 Å². The van der Waals surface area contributed by atoms with Crippen molar-refractivity contribution in [2.75, 3.05) is 33.3 Å². The lowest BCUT2D eigenvalue weighted by atomic mass is 10.1. The zero-order valence-corrected chi connectivity index (χ0v) is 21.3. The molecule has 5 heteroatoms. The summed E-state index contributed by atoms with van der Waals surface area (Å²) < 4.78 is 1.09. The zero-order chi connectivity index (χ0) is 18.6. The first-order valence-corrected chi connectivity index (χ1v) is 11.6. The van der Waals surface area contributed by atoms with E-state index in [9.17, 15) is 5.11 Å². The molecule has 176 valence electrons. The first-order valence-electron chi connectivity index (χ1n) is 11.6. The molecule has 0 aliphatic carbocycles. The number of hydrogen-bond donors (Lipinski definition) is 2. The van der Waals surface area contributed by atoms with Gasteiger partial charge in [0.25, 0.3) is 0 Å². The molecule has 0 rings (SSSR count). The number of hydrogen-bond acceptors (Lipinski definition) is 1. The molecule has 0 unspecified atom stereocenters. The second-order valence-electron chi connectivity index (χ2n) is 8.46. The number of unbranched alkanes of at least 4 members (excludes halogenated alkanes) is 14. The molecule has 0 aromatic heterocycles. The molecule has 0 fully saturated rings. The zero-order valence-electron chi connectivity index (χ0n) is 19.8. The van der Waals surface area contributed by atoms with Crippen LogP contribution < -0.4 is 31.0 Å². The molecule has 0 amide bonds. The summed E-state index contributed by atoms with van der Waals surface area (Å²) >= 11 is 0. The molecule has 0 spiro atoms. The smallest absolute Gasteiger partial charge is 0.102 e. The van der Waals surface area contributed by atoms with Crippen LogP contribution in [0.5, 0.6) is 0 Å². The summed E-state index contributed by atoms with van der Waals surface area (Å²) in [6.45, 7) is 8.36. The maximum absolute atomic E-state index is 9.43. The lowest BCUT2D eigenvalue weighted by molar-refractivity contribution is -0.910. The van der Waals surface area contributed by atoms with Crippen LogP contribution in [0.15, 0.2) is 0 Å². The third-order valence-corrected chi connectivity index (χ3v) is 5.74. The average molecular weight is 446 g/mol. The predicted molar refractivity (Wildman–Crippen MR) is 119 cm³/mol. The minimum Gasteiger partial charge on any atom is -1.00 e. The van der Waals surface area contributed by atoms with Crippen molar-refractivity contribution in [2.45, 2.75) is 117 Å². The van der Waals surface area contributed by atoms with Gasteiger partial charge in [0.1, 0.15) is 6.54 Å². The molecule has 0 radical (unpaired) electrons. The predicted octanol–water partition coefficient (Wildman–Crippen LogP) is 1.09. The van der Waals surface area contributed by atoms with Crippen LogP contribution in [-0.4, -0.2) is 42.9 Å². The van der Waals surface area contributed by atoms with E-state index in [4.69, 9.17) is 0 Å². The van der Waals surface area contributed by atoms with Gasteiger partial charge in [-0.25, -0.2) is 0 Å². The maximum Gasteiger partial charge on any atom is 0.102 e. The highest BCUT2D eigenvalue weighted by Crippen LogP contribution is 2.14. The number of rotatable bonds is 20. The topological polar surface area (TPSA) is 56.7 Å². The third-order valence-electron chi connectivity index (χ3n) is 5.74. The Morgan fingerprint density at radius 3 is 1.07 bits per heavy atom. The summed E-state index contributed by atoms with van der Waals surface area (Å²) in [5.74, 6) is 0. The fourth-order valence-corrected chi connectivity index (χ4v) is 3.83. The summed E-state index contributed by atoms with van der Waals surface area (Å²) in [5, 5.41) is 9.43. The molecule has 0 aromatic carbocycles. The first kappa shape index (κ1) is 35.9. The molecular formula is C23H54Cl2N2O. The molecule has 5 N–H and O–H groups in total. The normalized spacial score (nSPS) is 10.7. The Bertz CT molecular complexity index is 249. The van der Waals surface area contributed by atoms with Crippen molar-refractivity contribution < 1.29 is 34.4 Å². The molecule has 0 atom stereocenters. The fourth-order valence-electron chi connectivity index (χ4n) is 3.83. The van der Waals surface area contributed by atoms with Crippen LogP contribution in [0.25, 0.3) is 0 Å². The Morgan fingerprint density at radius 2 is 0.786 bits per heavy atom.